The van der Waals surface area contributed by atoms with Gasteiger partial charge in [-0.1, -0.05) is 30.3 Å². The lowest BCUT2D eigenvalue weighted by atomic mass is 9.90. The molecule has 8 heteroatoms. The number of likely N-dealkylation sites (tertiary alicyclic amines) is 2. The van der Waals surface area contributed by atoms with Crippen molar-refractivity contribution in [1.82, 2.24) is 15.1 Å². The van der Waals surface area contributed by atoms with E-state index >= 15 is 0 Å². The standard InChI is InChI=1S/C23H35N5O3/c1-2-31-23(30)28-14-10-20(11-15-28)26-22(24)25-17-21(29)27-12-8-19(9-13-27)16-18-6-4-3-5-7-18/h3-7,19-20H,2,8-17H2,1H3,(H3,24,25,26). The molecule has 2 amide bonds. The number of hydrogen-bond donors (Lipinski definition) is 2. The van der Waals surface area contributed by atoms with E-state index in [1.54, 1.807) is 11.8 Å². The van der Waals surface area contributed by atoms with Crippen LogP contribution in [0.15, 0.2) is 35.3 Å². The number of piperidine rings is 2. The molecule has 0 bridgehead atoms. The summed E-state index contributed by atoms with van der Waals surface area (Å²) in [6.07, 6.45) is 4.41. The third kappa shape index (κ3) is 7.15. The molecule has 2 fully saturated rings. The molecule has 0 unspecified atom stereocenters. The number of guanidine groups is 1. The summed E-state index contributed by atoms with van der Waals surface area (Å²) < 4.78 is 5.03. The van der Waals surface area contributed by atoms with Gasteiger partial charge in [0.15, 0.2) is 5.96 Å². The van der Waals surface area contributed by atoms with Crippen LogP contribution in [0, 0.1) is 5.92 Å². The normalized spacial score (nSPS) is 18.7. The maximum atomic E-state index is 12.5. The quantitative estimate of drug-likeness (QED) is 0.532. The minimum Gasteiger partial charge on any atom is -0.450 e. The number of benzene rings is 1. The number of carbonyl (C=O) groups is 2. The van der Waals surface area contributed by atoms with Crippen molar-refractivity contribution in [3.8, 4) is 0 Å². The van der Waals surface area contributed by atoms with E-state index in [9.17, 15) is 9.59 Å². The van der Waals surface area contributed by atoms with E-state index in [1.165, 1.54) is 5.56 Å². The van der Waals surface area contributed by atoms with Gasteiger partial charge >= 0.3 is 6.09 Å². The molecule has 0 aromatic heterocycles. The van der Waals surface area contributed by atoms with E-state index in [0.717, 1.165) is 45.2 Å². The van der Waals surface area contributed by atoms with Crippen LogP contribution in [0.3, 0.4) is 0 Å². The van der Waals surface area contributed by atoms with Gasteiger partial charge in [0, 0.05) is 32.2 Å². The number of nitrogens with two attached hydrogens (primary N) is 1. The Balaban J connectivity index is 1.35. The molecular weight excluding hydrogens is 394 g/mol. The highest BCUT2D eigenvalue weighted by molar-refractivity contribution is 5.84. The van der Waals surface area contributed by atoms with Crippen LogP contribution < -0.4 is 11.1 Å². The molecule has 0 saturated carbocycles. The lowest BCUT2D eigenvalue weighted by molar-refractivity contribution is -0.130. The molecule has 2 heterocycles. The fourth-order valence-corrected chi connectivity index (χ4v) is 4.26. The van der Waals surface area contributed by atoms with E-state index in [2.05, 4.69) is 34.6 Å². The van der Waals surface area contributed by atoms with Crippen molar-refractivity contribution in [3.63, 3.8) is 0 Å². The minimum atomic E-state index is -0.263. The van der Waals surface area contributed by atoms with Gasteiger partial charge in [-0.25, -0.2) is 9.79 Å². The molecule has 2 aliphatic rings. The lowest BCUT2D eigenvalue weighted by Crippen LogP contribution is -2.49. The molecule has 1 aromatic rings. The number of hydrogen-bond acceptors (Lipinski definition) is 4. The van der Waals surface area contributed by atoms with Gasteiger partial charge in [0.2, 0.25) is 5.91 Å². The average molecular weight is 430 g/mol. The first-order valence-corrected chi connectivity index (χ1v) is 11.3. The van der Waals surface area contributed by atoms with Crippen LogP contribution in [0.1, 0.15) is 38.2 Å². The number of aliphatic imine (C=N–C) groups is 1. The largest absolute Gasteiger partial charge is 0.450 e. The van der Waals surface area contributed by atoms with Gasteiger partial charge < -0.3 is 25.6 Å². The fraction of sp³-hybridized carbons (Fsp3) is 0.609. The van der Waals surface area contributed by atoms with E-state index in [0.29, 0.717) is 31.6 Å². The number of nitrogens with one attached hydrogen (secondary N) is 1. The second kappa shape index (κ2) is 11.6. The van der Waals surface area contributed by atoms with Crippen molar-refractivity contribution in [1.29, 1.82) is 0 Å². The molecule has 170 valence electrons. The molecule has 31 heavy (non-hydrogen) atoms. The first-order chi connectivity index (χ1) is 15.0. The monoisotopic (exact) mass is 429 g/mol. The first kappa shape index (κ1) is 22.9. The SMILES string of the molecule is CCOC(=O)N1CCC(NC(N)=NCC(=O)N2CCC(Cc3ccccc3)CC2)CC1. The van der Waals surface area contributed by atoms with E-state index in [-0.39, 0.29) is 24.6 Å². The molecule has 0 radical (unpaired) electrons. The number of amides is 2. The molecule has 0 aliphatic carbocycles. The van der Waals surface area contributed by atoms with E-state index in [4.69, 9.17) is 10.5 Å². The topological polar surface area (TPSA) is 100 Å². The van der Waals surface area contributed by atoms with E-state index in [1.807, 2.05) is 11.0 Å². The first-order valence-electron chi connectivity index (χ1n) is 11.3. The molecule has 2 aliphatic heterocycles. The zero-order chi connectivity index (χ0) is 22.1. The number of ether oxygens (including phenoxy) is 1. The zero-order valence-electron chi connectivity index (χ0n) is 18.5. The van der Waals surface area contributed by atoms with Gasteiger partial charge in [-0.15, -0.1) is 0 Å². The second-order valence-electron chi connectivity index (χ2n) is 8.32. The van der Waals surface area contributed by atoms with Crippen molar-refractivity contribution in [2.45, 2.75) is 45.1 Å². The Morgan fingerprint density at radius 2 is 1.71 bits per heavy atom. The molecule has 1 aromatic carbocycles. The van der Waals surface area contributed by atoms with Crippen LogP contribution in [0.2, 0.25) is 0 Å². The second-order valence-corrected chi connectivity index (χ2v) is 8.32. The summed E-state index contributed by atoms with van der Waals surface area (Å²) >= 11 is 0. The highest BCUT2D eigenvalue weighted by Gasteiger charge is 2.25. The van der Waals surface area contributed by atoms with Gasteiger partial charge in [-0.3, -0.25) is 4.79 Å². The summed E-state index contributed by atoms with van der Waals surface area (Å²) in [5.74, 6) is 0.948. The van der Waals surface area contributed by atoms with Crippen LogP contribution in [0.5, 0.6) is 0 Å². The van der Waals surface area contributed by atoms with Crippen molar-refractivity contribution >= 4 is 18.0 Å². The molecule has 0 atom stereocenters. The summed E-state index contributed by atoms with van der Waals surface area (Å²) in [7, 11) is 0. The highest BCUT2D eigenvalue weighted by Crippen LogP contribution is 2.21. The molecule has 2 saturated heterocycles. The van der Waals surface area contributed by atoms with Crippen LogP contribution in [0.4, 0.5) is 4.79 Å². The van der Waals surface area contributed by atoms with Crippen LogP contribution >= 0.6 is 0 Å². The van der Waals surface area contributed by atoms with Crippen molar-refractivity contribution in [3.05, 3.63) is 35.9 Å². The lowest BCUT2D eigenvalue weighted by Gasteiger charge is -2.32. The number of carbonyl (C=O) groups excluding carboxylic acids is 2. The van der Waals surface area contributed by atoms with Gasteiger partial charge in [-0.05, 0) is 50.5 Å². The molecule has 0 spiro atoms. The van der Waals surface area contributed by atoms with Gasteiger partial charge in [-0.2, -0.15) is 0 Å². The molecular formula is C23H35N5O3. The van der Waals surface area contributed by atoms with Gasteiger partial charge in [0.05, 0.1) is 6.61 Å². The summed E-state index contributed by atoms with van der Waals surface area (Å²) in [6, 6.07) is 10.7. The Morgan fingerprint density at radius 3 is 2.35 bits per heavy atom. The molecule has 8 nitrogen and oxygen atoms in total. The van der Waals surface area contributed by atoms with Crippen LogP contribution in [0.25, 0.3) is 0 Å². The zero-order valence-corrected chi connectivity index (χ0v) is 18.5. The Kier molecular flexibility index (Phi) is 8.55. The predicted molar refractivity (Wildman–Crippen MR) is 121 cm³/mol. The summed E-state index contributed by atoms with van der Waals surface area (Å²) in [5, 5.41) is 3.18. The predicted octanol–water partition coefficient (Wildman–Crippen LogP) is 1.99. The summed E-state index contributed by atoms with van der Waals surface area (Å²) in [6.45, 7) is 5.08. The van der Waals surface area contributed by atoms with E-state index < -0.39 is 0 Å². The highest BCUT2D eigenvalue weighted by atomic mass is 16.6. The van der Waals surface area contributed by atoms with Crippen molar-refractivity contribution in [2.75, 3.05) is 39.3 Å². The molecule has 3 rings (SSSR count). The Labute approximate surface area is 184 Å². The Bertz CT molecular complexity index is 739. The molecule has 3 N–H and O–H groups in total. The Morgan fingerprint density at radius 1 is 1.06 bits per heavy atom. The smallest absolute Gasteiger partial charge is 0.409 e. The summed E-state index contributed by atoms with van der Waals surface area (Å²) in [5.41, 5.74) is 7.36. The van der Waals surface area contributed by atoms with Crippen molar-refractivity contribution < 1.29 is 14.3 Å². The Hall–Kier alpha value is -2.77. The minimum absolute atomic E-state index is 0.0278. The van der Waals surface area contributed by atoms with Gasteiger partial charge in [0.25, 0.3) is 0 Å². The third-order valence-corrected chi connectivity index (χ3v) is 6.09. The number of nitrogens with zero attached hydrogens (tertiary/aromatic N) is 3. The average Bonchev–Trinajstić information content (AvgIpc) is 2.79. The van der Waals surface area contributed by atoms with Crippen molar-refractivity contribution in [2.24, 2.45) is 16.6 Å². The van der Waals surface area contributed by atoms with Crippen LogP contribution in [-0.4, -0.2) is 73.1 Å². The maximum Gasteiger partial charge on any atom is 0.409 e. The van der Waals surface area contributed by atoms with Gasteiger partial charge in [0.1, 0.15) is 6.54 Å². The third-order valence-electron chi connectivity index (χ3n) is 6.09. The maximum absolute atomic E-state index is 12.5. The van der Waals surface area contributed by atoms with Crippen LogP contribution in [-0.2, 0) is 16.0 Å². The summed E-state index contributed by atoms with van der Waals surface area (Å²) in [4.78, 5) is 32.1. The fourth-order valence-electron chi connectivity index (χ4n) is 4.26. The number of rotatable bonds is 6.